The fourth-order valence-corrected chi connectivity index (χ4v) is 2.80. The molecule has 2 aromatic rings. The van der Waals surface area contributed by atoms with E-state index in [0.717, 1.165) is 4.90 Å². The van der Waals surface area contributed by atoms with Crippen molar-refractivity contribution in [3.63, 3.8) is 0 Å². The van der Waals surface area contributed by atoms with Gasteiger partial charge in [0.1, 0.15) is 13.2 Å². The van der Waals surface area contributed by atoms with E-state index in [1.807, 2.05) is 5.38 Å². The van der Waals surface area contributed by atoms with Crippen molar-refractivity contribution in [1.29, 1.82) is 0 Å². The molecule has 0 saturated carbocycles. The number of anilines is 1. The van der Waals surface area contributed by atoms with Crippen molar-refractivity contribution < 1.29 is 14.3 Å². The standard InChI is InChI=1S/C13H11NO3S2/c15-13(12-6-9(18)7-19-12)14-8-1-2-10-11(5-8)17-4-3-16-10/h1-2,5-7,18H,3-4H2,(H,14,15). The Balaban J connectivity index is 1.78. The summed E-state index contributed by atoms with van der Waals surface area (Å²) in [5.41, 5.74) is 0.684. The molecule has 1 aliphatic heterocycles. The van der Waals surface area contributed by atoms with Gasteiger partial charge in [0.2, 0.25) is 0 Å². The molecular formula is C13H11NO3S2. The van der Waals surface area contributed by atoms with Crippen molar-refractivity contribution in [3.8, 4) is 11.5 Å². The van der Waals surface area contributed by atoms with Crippen LogP contribution in [0.15, 0.2) is 34.5 Å². The van der Waals surface area contributed by atoms with Crippen LogP contribution in [-0.2, 0) is 0 Å². The van der Waals surface area contributed by atoms with Gasteiger partial charge < -0.3 is 14.8 Å². The molecule has 1 aliphatic rings. The molecule has 0 fully saturated rings. The molecule has 1 amide bonds. The Morgan fingerprint density at radius 2 is 2.00 bits per heavy atom. The van der Waals surface area contributed by atoms with Crippen molar-refractivity contribution in [1.82, 2.24) is 0 Å². The Morgan fingerprint density at radius 3 is 2.74 bits per heavy atom. The fourth-order valence-electron chi connectivity index (χ4n) is 1.76. The third-order valence-electron chi connectivity index (χ3n) is 2.61. The molecule has 2 heterocycles. The van der Waals surface area contributed by atoms with Crippen LogP contribution in [-0.4, -0.2) is 19.1 Å². The van der Waals surface area contributed by atoms with E-state index in [-0.39, 0.29) is 5.91 Å². The summed E-state index contributed by atoms with van der Waals surface area (Å²) in [4.78, 5) is 13.4. The average molecular weight is 293 g/mol. The molecule has 0 unspecified atom stereocenters. The van der Waals surface area contributed by atoms with Gasteiger partial charge in [-0.3, -0.25) is 4.79 Å². The second kappa shape index (κ2) is 5.14. The first kappa shape index (κ1) is 12.4. The summed E-state index contributed by atoms with van der Waals surface area (Å²) in [5.74, 6) is 1.21. The molecule has 6 heteroatoms. The van der Waals surface area contributed by atoms with Gasteiger partial charge in [-0.15, -0.1) is 24.0 Å². The van der Waals surface area contributed by atoms with Crippen LogP contribution in [0.4, 0.5) is 5.69 Å². The third-order valence-corrected chi connectivity index (χ3v) is 3.97. The predicted molar refractivity (Wildman–Crippen MR) is 77.0 cm³/mol. The minimum Gasteiger partial charge on any atom is -0.486 e. The van der Waals surface area contributed by atoms with Gasteiger partial charge in [0, 0.05) is 22.0 Å². The van der Waals surface area contributed by atoms with Gasteiger partial charge in [-0.2, -0.15) is 0 Å². The van der Waals surface area contributed by atoms with E-state index >= 15 is 0 Å². The molecule has 19 heavy (non-hydrogen) atoms. The van der Waals surface area contributed by atoms with Gasteiger partial charge >= 0.3 is 0 Å². The Morgan fingerprint density at radius 1 is 1.21 bits per heavy atom. The van der Waals surface area contributed by atoms with E-state index in [1.165, 1.54) is 11.3 Å². The molecule has 1 aromatic carbocycles. The van der Waals surface area contributed by atoms with Crippen molar-refractivity contribution in [2.75, 3.05) is 18.5 Å². The summed E-state index contributed by atoms with van der Waals surface area (Å²) in [6.45, 7) is 1.08. The molecular weight excluding hydrogens is 282 g/mol. The number of amides is 1. The van der Waals surface area contributed by atoms with E-state index < -0.39 is 0 Å². The van der Waals surface area contributed by atoms with Gasteiger partial charge in [0.05, 0.1) is 4.88 Å². The molecule has 0 radical (unpaired) electrons. The zero-order chi connectivity index (χ0) is 13.2. The zero-order valence-electron chi connectivity index (χ0n) is 9.88. The second-order valence-corrected chi connectivity index (χ2v) is 5.41. The summed E-state index contributed by atoms with van der Waals surface area (Å²) < 4.78 is 10.9. The molecule has 98 valence electrons. The van der Waals surface area contributed by atoms with Crippen LogP contribution in [0.25, 0.3) is 0 Å². The second-order valence-electron chi connectivity index (χ2n) is 3.98. The first-order chi connectivity index (χ1) is 9.22. The normalized spacial score (nSPS) is 13.1. The SMILES string of the molecule is O=C(Nc1ccc2c(c1)OCCO2)c1cc(S)cs1. The molecule has 1 N–H and O–H groups in total. The number of carbonyl (C=O) groups excluding carboxylic acids is 1. The lowest BCUT2D eigenvalue weighted by Gasteiger charge is -2.18. The lowest BCUT2D eigenvalue weighted by Crippen LogP contribution is -2.16. The Bertz CT molecular complexity index is 624. The topological polar surface area (TPSA) is 47.6 Å². The fraction of sp³-hybridized carbons (Fsp3) is 0.154. The summed E-state index contributed by atoms with van der Waals surface area (Å²) in [6.07, 6.45) is 0. The summed E-state index contributed by atoms with van der Waals surface area (Å²) in [7, 11) is 0. The van der Waals surface area contributed by atoms with Crippen LogP contribution in [0.5, 0.6) is 11.5 Å². The number of ether oxygens (including phenoxy) is 2. The Labute approximate surface area is 119 Å². The first-order valence-corrected chi connectivity index (χ1v) is 7.03. The van der Waals surface area contributed by atoms with E-state index in [0.29, 0.717) is 35.3 Å². The number of carbonyl (C=O) groups is 1. The zero-order valence-corrected chi connectivity index (χ0v) is 11.6. The van der Waals surface area contributed by atoms with Crippen LogP contribution in [0.3, 0.4) is 0 Å². The minimum atomic E-state index is -0.151. The van der Waals surface area contributed by atoms with Crippen molar-refractivity contribution in [3.05, 3.63) is 34.5 Å². The highest BCUT2D eigenvalue weighted by Crippen LogP contribution is 2.32. The lowest BCUT2D eigenvalue weighted by atomic mass is 10.2. The molecule has 4 nitrogen and oxygen atoms in total. The molecule has 0 bridgehead atoms. The average Bonchev–Trinajstić information content (AvgIpc) is 2.85. The van der Waals surface area contributed by atoms with Gasteiger partial charge in [-0.05, 0) is 18.2 Å². The summed E-state index contributed by atoms with van der Waals surface area (Å²) >= 11 is 5.55. The lowest BCUT2D eigenvalue weighted by molar-refractivity contribution is 0.103. The molecule has 0 aliphatic carbocycles. The highest BCUT2D eigenvalue weighted by atomic mass is 32.1. The maximum atomic E-state index is 12.0. The number of rotatable bonds is 2. The van der Waals surface area contributed by atoms with Crippen molar-refractivity contribution in [2.45, 2.75) is 4.90 Å². The number of hydrogen-bond acceptors (Lipinski definition) is 5. The molecule has 3 rings (SSSR count). The van der Waals surface area contributed by atoms with Crippen LogP contribution >= 0.6 is 24.0 Å². The van der Waals surface area contributed by atoms with Crippen LogP contribution in [0.2, 0.25) is 0 Å². The van der Waals surface area contributed by atoms with Crippen molar-refractivity contribution >= 4 is 35.6 Å². The van der Waals surface area contributed by atoms with Gasteiger partial charge in [0.25, 0.3) is 5.91 Å². The van der Waals surface area contributed by atoms with Crippen LogP contribution in [0.1, 0.15) is 9.67 Å². The minimum absolute atomic E-state index is 0.151. The van der Waals surface area contributed by atoms with E-state index in [2.05, 4.69) is 17.9 Å². The van der Waals surface area contributed by atoms with E-state index in [4.69, 9.17) is 9.47 Å². The highest BCUT2D eigenvalue weighted by molar-refractivity contribution is 7.80. The molecule has 0 atom stereocenters. The summed E-state index contributed by atoms with van der Waals surface area (Å²) in [6, 6.07) is 7.09. The highest BCUT2D eigenvalue weighted by Gasteiger charge is 2.14. The maximum Gasteiger partial charge on any atom is 0.265 e. The van der Waals surface area contributed by atoms with Crippen LogP contribution in [0, 0.1) is 0 Å². The number of thiophene rings is 1. The van der Waals surface area contributed by atoms with Gasteiger partial charge in [-0.25, -0.2) is 0 Å². The molecule has 0 saturated heterocycles. The van der Waals surface area contributed by atoms with Crippen LogP contribution < -0.4 is 14.8 Å². The number of fused-ring (bicyclic) bond motifs is 1. The monoisotopic (exact) mass is 293 g/mol. The van der Waals surface area contributed by atoms with E-state index in [1.54, 1.807) is 24.3 Å². The Kier molecular flexibility index (Phi) is 3.35. The molecule has 0 spiro atoms. The molecule has 1 aromatic heterocycles. The predicted octanol–water partition coefficient (Wildman–Crippen LogP) is 3.06. The summed E-state index contributed by atoms with van der Waals surface area (Å²) in [5, 5.41) is 4.64. The van der Waals surface area contributed by atoms with Crippen molar-refractivity contribution in [2.24, 2.45) is 0 Å². The number of benzene rings is 1. The maximum absolute atomic E-state index is 12.0. The number of hydrogen-bond donors (Lipinski definition) is 2. The Hall–Kier alpha value is -1.66. The first-order valence-electron chi connectivity index (χ1n) is 5.71. The van der Waals surface area contributed by atoms with E-state index in [9.17, 15) is 4.79 Å². The largest absolute Gasteiger partial charge is 0.486 e. The third kappa shape index (κ3) is 2.69. The smallest absolute Gasteiger partial charge is 0.265 e. The number of thiol groups is 1. The van der Waals surface area contributed by atoms with Gasteiger partial charge in [-0.1, -0.05) is 0 Å². The number of nitrogens with one attached hydrogen (secondary N) is 1. The van der Waals surface area contributed by atoms with Gasteiger partial charge in [0.15, 0.2) is 11.5 Å². The quantitative estimate of drug-likeness (QED) is 0.837.